The van der Waals surface area contributed by atoms with Gasteiger partial charge in [0.25, 0.3) is 11.8 Å². The third-order valence-electron chi connectivity index (χ3n) is 9.01. The zero-order valence-corrected chi connectivity index (χ0v) is 22.2. The molecule has 2 aliphatic carbocycles. The molecule has 5 aliphatic rings. The van der Waals surface area contributed by atoms with Crippen LogP contribution in [-0.4, -0.2) is 85.1 Å². The Kier molecular flexibility index (Phi) is 5.19. The van der Waals surface area contributed by atoms with Gasteiger partial charge in [-0.25, -0.2) is 0 Å². The van der Waals surface area contributed by atoms with E-state index in [0.29, 0.717) is 31.2 Å². The van der Waals surface area contributed by atoms with E-state index in [4.69, 9.17) is 9.26 Å². The van der Waals surface area contributed by atoms with Gasteiger partial charge in [0, 0.05) is 56.3 Å². The highest BCUT2D eigenvalue weighted by Crippen LogP contribution is 2.64. The molecule has 0 aromatic heterocycles. The second-order valence-electron chi connectivity index (χ2n) is 11.8. The molecular weight excluding hydrogens is 479 g/mol. The first-order valence-corrected chi connectivity index (χ1v) is 15.3. The SMILES string of the molecule is C[N+]1(C)CC[C@]23c4c5c(CCCN6C(=O)C=CC6=O)cc(O)c4O[C@H]2[C@@H](OP(C)(C)=O)C=CC3[C@H]1C5. The van der Waals surface area contributed by atoms with Crippen molar-refractivity contribution >= 4 is 19.2 Å². The molecule has 1 aromatic rings. The van der Waals surface area contributed by atoms with Crippen molar-refractivity contribution in [2.75, 3.05) is 40.5 Å². The van der Waals surface area contributed by atoms with Crippen LogP contribution in [0.5, 0.6) is 11.5 Å². The highest BCUT2D eigenvalue weighted by Gasteiger charge is 2.68. The summed E-state index contributed by atoms with van der Waals surface area (Å²) in [5.74, 6) is 0.355. The molecule has 1 fully saturated rings. The van der Waals surface area contributed by atoms with E-state index in [0.717, 1.165) is 35.0 Å². The number of imide groups is 1. The van der Waals surface area contributed by atoms with Crippen molar-refractivity contribution < 1.29 is 33.0 Å². The van der Waals surface area contributed by atoms with Gasteiger partial charge in [-0.1, -0.05) is 12.2 Å². The molecule has 36 heavy (non-hydrogen) atoms. The van der Waals surface area contributed by atoms with Gasteiger partial charge < -0.3 is 18.9 Å². The summed E-state index contributed by atoms with van der Waals surface area (Å²) in [5.41, 5.74) is 3.03. The average Bonchev–Trinajstić information content (AvgIpc) is 3.31. The predicted octanol–water partition coefficient (Wildman–Crippen LogP) is 2.76. The lowest BCUT2D eigenvalue weighted by Crippen LogP contribution is -2.70. The molecule has 2 amide bonds. The monoisotopic (exact) mass is 513 g/mol. The standard InChI is InChI=1S/C27H33N2O6P/c1-29(2)13-11-27-18-7-8-21(35-36(3,4)33)26(27)34-25-20(30)14-16(17(24(25)27)15-19(18)29)6-5-12-28-22(31)9-10-23(28)32/h7-10,14,18-19,21,26H,5-6,11-13,15H2,1-4H3/p+1/t18?,19-,21+,26+,27+/m1/s1. The minimum Gasteiger partial charge on any atom is -0.504 e. The number of aromatic hydroxyl groups is 1. The van der Waals surface area contributed by atoms with Crippen LogP contribution < -0.4 is 4.74 Å². The summed E-state index contributed by atoms with van der Waals surface area (Å²) in [6, 6.07) is 2.14. The van der Waals surface area contributed by atoms with Gasteiger partial charge in [0.15, 0.2) is 18.9 Å². The Morgan fingerprint density at radius 3 is 2.64 bits per heavy atom. The van der Waals surface area contributed by atoms with Crippen LogP contribution in [0.2, 0.25) is 0 Å². The topological polar surface area (TPSA) is 93.1 Å². The zero-order chi connectivity index (χ0) is 25.6. The van der Waals surface area contributed by atoms with Gasteiger partial charge in [0.2, 0.25) is 0 Å². The van der Waals surface area contributed by atoms with Crippen molar-refractivity contribution in [3.8, 4) is 11.5 Å². The Balaban J connectivity index is 1.41. The number of hydrogen-bond acceptors (Lipinski definition) is 6. The smallest absolute Gasteiger partial charge is 0.253 e. The predicted molar refractivity (Wildman–Crippen MR) is 134 cm³/mol. The molecule has 1 N–H and O–H groups in total. The average molecular weight is 514 g/mol. The largest absolute Gasteiger partial charge is 0.504 e. The maximum absolute atomic E-state index is 12.7. The number of carbonyl (C=O) groups is 2. The number of likely N-dealkylation sites (tertiary alicyclic amines) is 1. The number of piperidine rings is 1. The van der Waals surface area contributed by atoms with Crippen molar-refractivity contribution in [3.63, 3.8) is 0 Å². The normalized spacial score (nSPS) is 33.2. The van der Waals surface area contributed by atoms with Gasteiger partial charge in [-0.05, 0) is 30.0 Å². The number of likely N-dealkylation sites (N-methyl/N-ethyl adjacent to an activating group) is 1. The Labute approximate surface area is 211 Å². The quantitative estimate of drug-likeness (QED) is 0.272. The molecule has 0 saturated carbocycles. The first-order valence-electron chi connectivity index (χ1n) is 12.8. The van der Waals surface area contributed by atoms with Crippen LogP contribution in [0.25, 0.3) is 0 Å². The highest BCUT2D eigenvalue weighted by atomic mass is 31.2. The number of hydrogen-bond donors (Lipinski definition) is 1. The summed E-state index contributed by atoms with van der Waals surface area (Å²) in [5, 5.41) is 11.1. The van der Waals surface area contributed by atoms with E-state index in [1.54, 1.807) is 19.4 Å². The number of rotatable bonds is 6. The van der Waals surface area contributed by atoms with Crippen molar-refractivity contribution in [1.82, 2.24) is 4.90 Å². The summed E-state index contributed by atoms with van der Waals surface area (Å²) >= 11 is 0. The molecule has 0 radical (unpaired) electrons. The fourth-order valence-electron chi connectivity index (χ4n) is 7.43. The molecule has 2 bridgehead atoms. The van der Waals surface area contributed by atoms with Crippen LogP contribution in [0.15, 0.2) is 30.4 Å². The van der Waals surface area contributed by atoms with E-state index in [1.807, 2.05) is 6.08 Å². The van der Waals surface area contributed by atoms with E-state index < -0.39 is 13.5 Å². The van der Waals surface area contributed by atoms with Crippen LogP contribution >= 0.6 is 7.37 Å². The Morgan fingerprint density at radius 1 is 1.22 bits per heavy atom. The summed E-state index contributed by atoms with van der Waals surface area (Å²) in [4.78, 5) is 25.2. The van der Waals surface area contributed by atoms with Crippen molar-refractivity contribution in [2.45, 2.75) is 49.3 Å². The Hall–Kier alpha value is -2.41. The summed E-state index contributed by atoms with van der Waals surface area (Å²) in [6.07, 6.45) is 9.13. The van der Waals surface area contributed by atoms with Crippen LogP contribution in [0.1, 0.15) is 29.5 Å². The number of quaternary nitrogens is 1. The molecule has 8 nitrogen and oxygen atoms in total. The van der Waals surface area contributed by atoms with Gasteiger partial charge in [-0.2, -0.15) is 0 Å². The lowest BCUT2D eigenvalue weighted by atomic mass is 9.52. The second-order valence-corrected chi connectivity index (χ2v) is 14.6. The number of amides is 2. The molecule has 9 heteroatoms. The van der Waals surface area contributed by atoms with E-state index in [-0.39, 0.29) is 35.0 Å². The van der Waals surface area contributed by atoms with Gasteiger partial charge in [0.1, 0.15) is 18.2 Å². The molecule has 1 spiro atoms. The van der Waals surface area contributed by atoms with Gasteiger partial charge in [-0.15, -0.1) is 0 Å². The fraction of sp³-hybridized carbons (Fsp3) is 0.556. The van der Waals surface area contributed by atoms with Crippen molar-refractivity contribution in [1.29, 1.82) is 0 Å². The van der Waals surface area contributed by atoms with E-state index in [9.17, 15) is 19.3 Å². The van der Waals surface area contributed by atoms with Crippen molar-refractivity contribution in [3.05, 3.63) is 47.1 Å². The molecule has 1 aromatic carbocycles. The Morgan fingerprint density at radius 2 is 1.94 bits per heavy atom. The first-order chi connectivity index (χ1) is 16.9. The fourth-order valence-corrected chi connectivity index (χ4v) is 8.20. The maximum Gasteiger partial charge on any atom is 0.253 e. The number of carbonyl (C=O) groups excluding carboxylic acids is 2. The lowest BCUT2D eigenvalue weighted by molar-refractivity contribution is -0.926. The van der Waals surface area contributed by atoms with Gasteiger partial charge in [0.05, 0.1) is 26.1 Å². The number of ether oxygens (including phenoxy) is 1. The number of phenolic OH excluding ortho intramolecular Hbond substituents is 1. The van der Waals surface area contributed by atoms with Gasteiger partial charge >= 0.3 is 0 Å². The molecule has 3 heterocycles. The first kappa shape index (κ1) is 24.0. The van der Waals surface area contributed by atoms with Crippen molar-refractivity contribution in [2.24, 2.45) is 5.92 Å². The third-order valence-corrected chi connectivity index (χ3v) is 9.76. The molecule has 3 aliphatic heterocycles. The molecule has 192 valence electrons. The molecule has 6 rings (SSSR count). The summed E-state index contributed by atoms with van der Waals surface area (Å²) in [7, 11) is 1.80. The van der Waals surface area contributed by atoms with Gasteiger partial charge in [-0.3, -0.25) is 19.1 Å². The molecular formula is C27H34N2O6P+. The van der Waals surface area contributed by atoms with Crippen LogP contribution in [0.4, 0.5) is 0 Å². The molecule has 5 atom stereocenters. The number of nitrogens with zero attached hydrogens (tertiary/aromatic N) is 2. The van der Waals surface area contributed by atoms with E-state index in [1.165, 1.54) is 22.6 Å². The minimum absolute atomic E-state index is 0.119. The lowest BCUT2D eigenvalue weighted by Gasteiger charge is -2.59. The maximum atomic E-state index is 12.7. The summed E-state index contributed by atoms with van der Waals surface area (Å²) < 4.78 is 26.2. The molecule has 1 saturated heterocycles. The number of phenols is 1. The second kappa shape index (κ2) is 7.80. The number of aryl methyl sites for hydroxylation is 1. The van der Waals surface area contributed by atoms with E-state index >= 15 is 0 Å². The van der Waals surface area contributed by atoms with E-state index in [2.05, 4.69) is 20.2 Å². The number of benzene rings is 1. The minimum atomic E-state index is -2.77. The molecule has 1 unspecified atom stereocenters. The highest BCUT2D eigenvalue weighted by molar-refractivity contribution is 7.57. The van der Waals surface area contributed by atoms with Crippen LogP contribution in [-0.2, 0) is 36.9 Å². The summed E-state index contributed by atoms with van der Waals surface area (Å²) in [6.45, 7) is 4.58. The third kappa shape index (κ3) is 3.37. The van der Waals surface area contributed by atoms with Crippen LogP contribution in [0.3, 0.4) is 0 Å². The Bertz CT molecular complexity index is 1260. The van der Waals surface area contributed by atoms with Crippen LogP contribution in [0, 0.1) is 5.92 Å². The zero-order valence-electron chi connectivity index (χ0n) is 21.3.